The van der Waals surface area contributed by atoms with Crippen molar-refractivity contribution < 1.29 is 33.2 Å². The van der Waals surface area contributed by atoms with E-state index in [1.165, 1.54) is 19.1 Å². The number of carbonyl (C=O) groups is 2. The number of hydrogen-bond donors (Lipinski definition) is 4. The minimum Gasteiger partial charge on any atom is -0.492 e. The molecule has 0 radical (unpaired) electrons. The molecule has 0 aliphatic carbocycles. The van der Waals surface area contributed by atoms with Gasteiger partial charge < -0.3 is 25.6 Å². The minimum atomic E-state index is -4.78. The van der Waals surface area contributed by atoms with Crippen molar-refractivity contribution in [2.24, 2.45) is 5.73 Å². The van der Waals surface area contributed by atoms with Gasteiger partial charge in [-0.3, -0.25) is 14.1 Å². The molecule has 0 spiro atoms. The lowest BCUT2D eigenvalue weighted by molar-refractivity contribution is -0.121. The number of nitrogens with two attached hydrogens (primary N) is 1. The Balaban J connectivity index is 1.57. The van der Waals surface area contributed by atoms with Gasteiger partial charge in [0.2, 0.25) is 5.91 Å². The van der Waals surface area contributed by atoms with Gasteiger partial charge in [-0.05, 0) is 41.8 Å². The Morgan fingerprint density at radius 3 is 2.34 bits per heavy atom. The van der Waals surface area contributed by atoms with Crippen molar-refractivity contribution >= 4 is 25.7 Å². The zero-order valence-corrected chi connectivity index (χ0v) is 20.0. The van der Waals surface area contributed by atoms with Gasteiger partial charge in [0.1, 0.15) is 11.3 Å². The van der Waals surface area contributed by atoms with E-state index in [1.54, 1.807) is 6.07 Å². The summed E-state index contributed by atoms with van der Waals surface area (Å²) >= 11 is 0. The van der Waals surface area contributed by atoms with Crippen LogP contribution in [0.2, 0.25) is 0 Å². The number of rotatable bonds is 11. The molecule has 0 heterocycles. The van der Waals surface area contributed by atoms with Crippen LogP contribution >= 0.6 is 7.82 Å². The van der Waals surface area contributed by atoms with Crippen molar-refractivity contribution in [3.63, 3.8) is 0 Å². The number of phosphoric acid groups is 1. The first-order chi connectivity index (χ1) is 16.6. The summed E-state index contributed by atoms with van der Waals surface area (Å²) in [7, 11) is -4.78. The molecule has 0 fully saturated rings. The van der Waals surface area contributed by atoms with Gasteiger partial charge in [0.25, 0.3) is 0 Å². The van der Waals surface area contributed by atoms with E-state index in [9.17, 15) is 14.2 Å². The number of amides is 1. The number of carbonyl (C=O) groups excluding carboxylic acids is 2. The van der Waals surface area contributed by atoms with E-state index in [2.05, 4.69) is 34.1 Å². The van der Waals surface area contributed by atoms with Gasteiger partial charge in [-0.1, -0.05) is 54.6 Å². The van der Waals surface area contributed by atoms with Gasteiger partial charge >= 0.3 is 7.82 Å². The van der Waals surface area contributed by atoms with E-state index in [-0.39, 0.29) is 11.3 Å². The fourth-order valence-corrected chi connectivity index (χ4v) is 3.62. The van der Waals surface area contributed by atoms with Crippen LogP contribution in [0.15, 0.2) is 72.8 Å². The second kappa shape index (κ2) is 11.4. The first kappa shape index (κ1) is 26.3. The Morgan fingerprint density at radius 1 is 1.06 bits per heavy atom. The minimum absolute atomic E-state index is 0.229. The van der Waals surface area contributed by atoms with Crippen LogP contribution in [0.25, 0.3) is 11.1 Å². The summed E-state index contributed by atoms with van der Waals surface area (Å²) in [4.78, 5) is 41.6. The van der Waals surface area contributed by atoms with Gasteiger partial charge in [-0.2, -0.15) is 0 Å². The standard InChI is InChI=1S/C25H27N2O7P/c1-25(26,17-34-35(30,31)32)24(29)27-22-11-12-23(21(15-22)16-28)33-14-13-18-7-9-20(10-8-18)19-5-3-2-4-6-19/h2-12,15-16H,13-14,17,26H2,1H3,(H,27,29)(H2,30,31,32). The fraction of sp³-hybridized carbons (Fsp3) is 0.200. The lowest BCUT2D eigenvalue weighted by Gasteiger charge is -2.23. The highest BCUT2D eigenvalue weighted by atomic mass is 31.2. The Bertz CT molecular complexity index is 1210. The predicted molar refractivity (Wildman–Crippen MR) is 132 cm³/mol. The maximum atomic E-state index is 12.4. The zero-order valence-electron chi connectivity index (χ0n) is 19.1. The highest BCUT2D eigenvalue weighted by Gasteiger charge is 2.32. The lowest BCUT2D eigenvalue weighted by atomic mass is 10.0. The molecule has 0 aliphatic rings. The molecule has 10 heteroatoms. The van der Waals surface area contributed by atoms with Crippen molar-refractivity contribution in [1.29, 1.82) is 0 Å². The molecular weight excluding hydrogens is 471 g/mol. The molecule has 35 heavy (non-hydrogen) atoms. The SMILES string of the molecule is CC(N)(COP(=O)(O)O)C(=O)Nc1ccc(OCCc2ccc(-c3ccccc3)cc2)c(C=O)c1. The van der Waals surface area contributed by atoms with E-state index in [0.717, 1.165) is 16.7 Å². The molecular formula is C25H27N2O7P. The van der Waals surface area contributed by atoms with E-state index in [4.69, 9.17) is 20.3 Å². The third-order valence-electron chi connectivity index (χ3n) is 5.16. The normalized spacial score (nSPS) is 13.0. The molecule has 3 aromatic carbocycles. The quantitative estimate of drug-likeness (QED) is 0.232. The fourth-order valence-electron chi connectivity index (χ4n) is 3.18. The van der Waals surface area contributed by atoms with Gasteiger partial charge in [0.15, 0.2) is 6.29 Å². The number of phosphoric ester groups is 1. The van der Waals surface area contributed by atoms with Gasteiger partial charge in [-0.25, -0.2) is 4.57 Å². The maximum Gasteiger partial charge on any atom is 0.469 e. The summed E-state index contributed by atoms with van der Waals surface area (Å²) in [6.07, 6.45) is 1.25. The van der Waals surface area contributed by atoms with E-state index < -0.39 is 25.9 Å². The molecule has 1 atom stereocenters. The van der Waals surface area contributed by atoms with Crippen LogP contribution in [0, 0.1) is 0 Å². The Morgan fingerprint density at radius 2 is 1.71 bits per heavy atom. The van der Waals surface area contributed by atoms with Gasteiger partial charge in [0, 0.05) is 12.1 Å². The number of ether oxygens (including phenoxy) is 1. The topological polar surface area (TPSA) is 148 Å². The second-order valence-corrected chi connectivity index (χ2v) is 9.41. The number of hydrogen-bond acceptors (Lipinski definition) is 6. The number of benzene rings is 3. The third-order valence-corrected chi connectivity index (χ3v) is 5.62. The maximum absolute atomic E-state index is 12.4. The second-order valence-electron chi connectivity index (χ2n) is 8.17. The molecule has 0 saturated carbocycles. The van der Waals surface area contributed by atoms with Crippen LogP contribution in [-0.4, -0.2) is 40.7 Å². The Labute approximate surface area is 203 Å². The molecule has 184 valence electrons. The van der Waals surface area contributed by atoms with Crippen molar-refractivity contribution in [1.82, 2.24) is 0 Å². The average molecular weight is 498 g/mol. The lowest BCUT2D eigenvalue weighted by Crippen LogP contribution is -2.52. The van der Waals surface area contributed by atoms with Crippen molar-refractivity contribution in [3.8, 4) is 16.9 Å². The third kappa shape index (κ3) is 7.85. The molecule has 1 amide bonds. The Kier molecular flexibility index (Phi) is 8.56. The van der Waals surface area contributed by atoms with Crippen molar-refractivity contribution in [3.05, 3.63) is 83.9 Å². The molecule has 0 bridgehead atoms. The molecule has 9 nitrogen and oxygen atoms in total. The molecule has 3 aromatic rings. The van der Waals surface area contributed by atoms with Crippen LogP contribution in [0.4, 0.5) is 5.69 Å². The molecule has 0 aromatic heterocycles. The van der Waals surface area contributed by atoms with Crippen molar-refractivity contribution in [2.45, 2.75) is 18.9 Å². The van der Waals surface area contributed by atoms with E-state index in [1.807, 2.05) is 30.3 Å². The van der Waals surface area contributed by atoms with Gasteiger partial charge in [0.05, 0.1) is 18.8 Å². The monoisotopic (exact) mass is 498 g/mol. The molecule has 0 aliphatic heterocycles. The Hall–Kier alpha value is -3.33. The van der Waals surface area contributed by atoms with Crippen LogP contribution in [0.5, 0.6) is 5.75 Å². The highest BCUT2D eigenvalue weighted by Crippen LogP contribution is 2.36. The van der Waals surface area contributed by atoms with E-state index >= 15 is 0 Å². The van der Waals surface area contributed by atoms with Crippen LogP contribution in [0.1, 0.15) is 22.8 Å². The average Bonchev–Trinajstić information content (AvgIpc) is 2.84. The van der Waals surface area contributed by atoms with Crippen LogP contribution in [-0.2, 0) is 20.3 Å². The summed E-state index contributed by atoms with van der Waals surface area (Å²) in [6.45, 7) is 0.914. The molecule has 1 unspecified atom stereocenters. The molecule has 3 rings (SSSR count). The first-order valence-corrected chi connectivity index (χ1v) is 12.3. The highest BCUT2D eigenvalue weighted by molar-refractivity contribution is 7.46. The first-order valence-electron chi connectivity index (χ1n) is 10.7. The molecule has 5 N–H and O–H groups in total. The van der Waals surface area contributed by atoms with Gasteiger partial charge in [-0.15, -0.1) is 0 Å². The summed E-state index contributed by atoms with van der Waals surface area (Å²) in [5, 5.41) is 2.51. The van der Waals surface area contributed by atoms with Crippen LogP contribution < -0.4 is 15.8 Å². The predicted octanol–water partition coefficient (Wildman–Crippen LogP) is 3.55. The van der Waals surface area contributed by atoms with Crippen LogP contribution in [0.3, 0.4) is 0 Å². The molecule has 0 saturated heterocycles. The number of nitrogens with one attached hydrogen (secondary N) is 1. The zero-order chi connectivity index (χ0) is 25.5. The van der Waals surface area contributed by atoms with E-state index in [0.29, 0.717) is 25.1 Å². The summed E-state index contributed by atoms with van der Waals surface area (Å²) < 4.78 is 21.0. The summed E-state index contributed by atoms with van der Waals surface area (Å²) in [6, 6.07) is 22.7. The smallest absolute Gasteiger partial charge is 0.469 e. The summed E-state index contributed by atoms with van der Waals surface area (Å²) in [5.41, 5.74) is 7.94. The summed E-state index contributed by atoms with van der Waals surface area (Å²) in [5.74, 6) is -0.380. The van der Waals surface area contributed by atoms with Crippen molar-refractivity contribution in [2.75, 3.05) is 18.5 Å². The number of anilines is 1. The number of aldehydes is 1. The largest absolute Gasteiger partial charge is 0.492 e.